The first-order valence-corrected chi connectivity index (χ1v) is 12.7. The van der Waals surface area contributed by atoms with Crippen LogP contribution < -0.4 is 4.90 Å². The van der Waals surface area contributed by atoms with Gasteiger partial charge in [0.1, 0.15) is 0 Å². The molecule has 0 radical (unpaired) electrons. The number of nitrogens with zero attached hydrogens (tertiary/aromatic N) is 3. The molecule has 0 atom stereocenters. The van der Waals surface area contributed by atoms with Gasteiger partial charge in [-0.25, -0.2) is 4.79 Å². The number of carbonyl (C=O) groups is 1. The van der Waals surface area contributed by atoms with E-state index in [-0.39, 0.29) is 12.1 Å². The van der Waals surface area contributed by atoms with Crippen molar-refractivity contribution >= 4 is 22.9 Å². The molecule has 190 valence electrons. The van der Waals surface area contributed by atoms with Gasteiger partial charge in [-0.15, -0.1) is 0 Å². The second kappa shape index (κ2) is 10.4. The van der Waals surface area contributed by atoms with Gasteiger partial charge in [-0.3, -0.25) is 0 Å². The minimum Gasteiger partial charge on any atom is -0.459 e. The van der Waals surface area contributed by atoms with Gasteiger partial charge in [0.05, 0.1) is 49.5 Å². The van der Waals surface area contributed by atoms with Crippen molar-refractivity contribution in [1.82, 2.24) is 9.30 Å². The minimum atomic E-state index is -0.307. The number of hydrogen-bond acceptors (Lipinski definition) is 6. The Morgan fingerprint density at radius 2 is 1.67 bits per heavy atom. The fraction of sp³-hybridized carbons (Fsp3) is 0.414. The molecule has 0 aliphatic carbocycles. The predicted octanol–water partition coefficient (Wildman–Crippen LogP) is 4.62. The zero-order valence-electron chi connectivity index (χ0n) is 21.5. The molecule has 2 aliphatic rings. The SMILES string of the molecule is C=C(c1c(C)c(C(=O)OC(C)C)cc2cc(-c3cccc(N4CCOCC4)c3)cn12)N1CCOCC1. The Labute approximate surface area is 212 Å². The Morgan fingerprint density at radius 3 is 2.36 bits per heavy atom. The third-order valence-electron chi connectivity index (χ3n) is 6.93. The number of esters is 1. The third-order valence-corrected chi connectivity index (χ3v) is 6.93. The first kappa shape index (κ1) is 24.4. The fourth-order valence-corrected chi connectivity index (χ4v) is 5.04. The highest BCUT2D eigenvalue weighted by Crippen LogP contribution is 2.33. The fourth-order valence-electron chi connectivity index (χ4n) is 5.04. The van der Waals surface area contributed by atoms with E-state index in [0.29, 0.717) is 18.8 Å². The molecule has 7 nitrogen and oxygen atoms in total. The summed E-state index contributed by atoms with van der Waals surface area (Å²) in [7, 11) is 0. The second-order valence-electron chi connectivity index (χ2n) is 9.71. The van der Waals surface area contributed by atoms with Gasteiger partial charge < -0.3 is 28.4 Å². The van der Waals surface area contributed by atoms with E-state index in [1.165, 1.54) is 5.69 Å². The first-order chi connectivity index (χ1) is 17.4. The number of aromatic nitrogens is 1. The lowest BCUT2D eigenvalue weighted by atomic mass is 10.0. The van der Waals surface area contributed by atoms with Crippen LogP contribution in [-0.2, 0) is 14.2 Å². The molecule has 2 aromatic heterocycles. The average molecular weight is 490 g/mol. The molecule has 0 N–H and O–H groups in total. The van der Waals surface area contributed by atoms with E-state index >= 15 is 0 Å². The number of carbonyl (C=O) groups excluding carboxylic acids is 1. The van der Waals surface area contributed by atoms with Crippen LogP contribution in [-0.4, -0.2) is 74.0 Å². The van der Waals surface area contributed by atoms with Gasteiger partial charge in [0.2, 0.25) is 0 Å². The molecular formula is C29H35N3O4. The molecule has 2 aliphatic heterocycles. The summed E-state index contributed by atoms with van der Waals surface area (Å²) < 4.78 is 18.8. The predicted molar refractivity (Wildman–Crippen MR) is 143 cm³/mol. The number of anilines is 1. The number of benzene rings is 1. The molecule has 0 unspecified atom stereocenters. The number of hydrogen-bond donors (Lipinski definition) is 0. The van der Waals surface area contributed by atoms with E-state index in [9.17, 15) is 4.79 Å². The maximum Gasteiger partial charge on any atom is 0.338 e. The Morgan fingerprint density at radius 1 is 0.972 bits per heavy atom. The number of rotatable bonds is 6. The maximum atomic E-state index is 13.1. The standard InChI is InChI=1S/C29H35N3O4/c1-20(2)36-29(33)27-18-26-17-24(23-6-5-7-25(16-23)31-10-14-35-15-11-31)19-32(26)28(21(27)3)22(4)30-8-12-34-13-9-30/h5-7,16-20H,4,8-15H2,1-3H3. The quantitative estimate of drug-likeness (QED) is 0.471. The van der Waals surface area contributed by atoms with Gasteiger partial charge in [0.15, 0.2) is 0 Å². The molecule has 0 amide bonds. The minimum absolute atomic E-state index is 0.190. The normalized spacial score (nSPS) is 16.6. The molecule has 3 aromatic rings. The highest BCUT2D eigenvalue weighted by molar-refractivity contribution is 5.94. The molecule has 0 spiro atoms. The molecule has 0 bridgehead atoms. The molecule has 1 aromatic carbocycles. The van der Waals surface area contributed by atoms with Gasteiger partial charge in [0, 0.05) is 49.1 Å². The summed E-state index contributed by atoms with van der Waals surface area (Å²) in [6.45, 7) is 16.4. The van der Waals surface area contributed by atoms with Gasteiger partial charge >= 0.3 is 5.97 Å². The molecule has 0 saturated carbocycles. The lowest BCUT2D eigenvalue weighted by Crippen LogP contribution is -2.36. The third kappa shape index (κ3) is 4.86. The Balaban J connectivity index is 1.60. The van der Waals surface area contributed by atoms with Crippen LogP contribution >= 0.6 is 0 Å². The zero-order valence-corrected chi connectivity index (χ0v) is 21.5. The van der Waals surface area contributed by atoms with E-state index in [2.05, 4.69) is 57.3 Å². The summed E-state index contributed by atoms with van der Waals surface area (Å²) in [6.07, 6.45) is 1.96. The number of pyridine rings is 1. The lowest BCUT2D eigenvalue weighted by Gasteiger charge is -2.31. The monoisotopic (exact) mass is 489 g/mol. The van der Waals surface area contributed by atoms with Crippen LogP contribution in [0.3, 0.4) is 0 Å². The van der Waals surface area contributed by atoms with Crippen molar-refractivity contribution in [2.24, 2.45) is 0 Å². The van der Waals surface area contributed by atoms with E-state index in [1.807, 2.05) is 26.8 Å². The summed E-state index contributed by atoms with van der Waals surface area (Å²) in [5.74, 6) is -0.307. The summed E-state index contributed by atoms with van der Waals surface area (Å²) in [6, 6.07) is 12.7. The largest absolute Gasteiger partial charge is 0.459 e. The molecule has 4 heterocycles. The van der Waals surface area contributed by atoms with Crippen molar-refractivity contribution in [1.29, 1.82) is 0 Å². The first-order valence-electron chi connectivity index (χ1n) is 12.7. The zero-order chi connectivity index (χ0) is 25.2. The second-order valence-corrected chi connectivity index (χ2v) is 9.71. The molecule has 2 saturated heterocycles. The number of morpholine rings is 2. The Kier molecular flexibility index (Phi) is 7.03. The molecule has 2 fully saturated rings. The van der Waals surface area contributed by atoms with Crippen LogP contribution in [0.1, 0.15) is 35.5 Å². The van der Waals surface area contributed by atoms with Crippen LogP contribution in [0, 0.1) is 6.92 Å². The number of fused-ring (bicyclic) bond motifs is 1. The molecule has 5 rings (SSSR count). The summed E-state index contributed by atoms with van der Waals surface area (Å²) in [4.78, 5) is 17.7. The van der Waals surface area contributed by atoms with E-state index in [4.69, 9.17) is 14.2 Å². The van der Waals surface area contributed by atoms with Crippen molar-refractivity contribution in [3.05, 3.63) is 66.0 Å². The van der Waals surface area contributed by atoms with Crippen LogP contribution in [0.5, 0.6) is 0 Å². The van der Waals surface area contributed by atoms with Crippen molar-refractivity contribution in [3.63, 3.8) is 0 Å². The summed E-state index contributed by atoms with van der Waals surface area (Å²) >= 11 is 0. The van der Waals surface area contributed by atoms with Crippen molar-refractivity contribution in [2.45, 2.75) is 26.9 Å². The molecule has 7 heteroatoms. The van der Waals surface area contributed by atoms with Crippen molar-refractivity contribution in [3.8, 4) is 11.1 Å². The highest BCUT2D eigenvalue weighted by Gasteiger charge is 2.24. The van der Waals surface area contributed by atoms with Gasteiger partial charge in [-0.05, 0) is 56.2 Å². The maximum absolute atomic E-state index is 13.1. The highest BCUT2D eigenvalue weighted by atomic mass is 16.5. The Bertz CT molecular complexity index is 1270. The van der Waals surface area contributed by atoms with Gasteiger partial charge in [-0.1, -0.05) is 18.7 Å². The summed E-state index contributed by atoms with van der Waals surface area (Å²) in [5, 5.41) is 0. The Hall–Kier alpha value is -3.29. The van der Waals surface area contributed by atoms with E-state index in [0.717, 1.165) is 73.0 Å². The molecule has 36 heavy (non-hydrogen) atoms. The van der Waals surface area contributed by atoms with Gasteiger partial charge in [0.25, 0.3) is 0 Å². The lowest BCUT2D eigenvalue weighted by molar-refractivity contribution is 0.0376. The van der Waals surface area contributed by atoms with Crippen LogP contribution in [0.25, 0.3) is 22.3 Å². The smallest absolute Gasteiger partial charge is 0.338 e. The van der Waals surface area contributed by atoms with E-state index in [1.54, 1.807) is 0 Å². The number of ether oxygens (including phenoxy) is 3. The van der Waals surface area contributed by atoms with Crippen LogP contribution in [0.2, 0.25) is 0 Å². The van der Waals surface area contributed by atoms with E-state index < -0.39 is 0 Å². The van der Waals surface area contributed by atoms with Crippen molar-refractivity contribution < 1.29 is 19.0 Å². The van der Waals surface area contributed by atoms with Crippen LogP contribution in [0.4, 0.5) is 5.69 Å². The summed E-state index contributed by atoms with van der Waals surface area (Å²) in [5.41, 5.74) is 7.63. The van der Waals surface area contributed by atoms with Crippen molar-refractivity contribution in [2.75, 3.05) is 57.5 Å². The topological polar surface area (TPSA) is 55.6 Å². The average Bonchev–Trinajstić information content (AvgIpc) is 3.32. The van der Waals surface area contributed by atoms with Gasteiger partial charge in [-0.2, -0.15) is 0 Å². The molecular weight excluding hydrogens is 454 g/mol. The van der Waals surface area contributed by atoms with Crippen LogP contribution in [0.15, 0.2) is 49.2 Å².